The van der Waals surface area contributed by atoms with Crippen LogP contribution in [0.5, 0.6) is 0 Å². The van der Waals surface area contributed by atoms with Crippen molar-refractivity contribution in [1.29, 1.82) is 0 Å². The normalized spacial score (nSPS) is 11.3. The maximum Gasteiger partial charge on any atom is 0.193 e. The second-order valence-corrected chi connectivity index (χ2v) is 6.00. The molecular weight excluding hydrogens is 331 g/mol. The molecule has 0 unspecified atom stereocenters. The van der Waals surface area contributed by atoms with E-state index in [1.54, 1.807) is 26.3 Å². The molecule has 0 aromatic heterocycles. The fraction of sp³-hybridized carbons (Fsp3) is 0.350. The number of halogens is 1. The van der Waals surface area contributed by atoms with Crippen molar-refractivity contribution in [2.45, 2.75) is 13.1 Å². The highest BCUT2D eigenvalue weighted by molar-refractivity contribution is 5.79. The molecule has 2 aromatic carbocycles. The molecule has 6 heteroatoms. The Morgan fingerprint density at radius 2 is 1.92 bits per heavy atom. The van der Waals surface area contributed by atoms with E-state index in [1.165, 1.54) is 6.07 Å². The number of ether oxygens (including phenoxy) is 1. The molecule has 0 amide bonds. The maximum atomic E-state index is 13.3. The third-order valence-electron chi connectivity index (χ3n) is 3.92. The Morgan fingerprint density at radius 1 is 1.15 bits per heavy atom. The summed E-state index contributed by atoms with van der Waals surface area (Å²) in [5.74, 6) is 0.537. The number of rotatable bonds is 8. The minimum Gasteiger partial charge on any atom is -0.383 e. The summed E-state index contributed by atoms with van der Waals surface area (Å²) in [6.07, 6.45) is 0. The monoisotopic (exact) mass is 358 g/mol. The first kappa shape index (κ1) is 19.7. The number of nitrogens with zero attached hydrogens (tertiary/aromatic N) is 2. The number of guanidine groups is 1. The van der Waals surface area contributed by atoms with E-state index in [1.807, 2.05) is 30.1 Å². The van der Waals surface area contributed by atoms with Gasteiger partial charge in [-0.25, -0.2) is 4.39 Å². The van der Waals surface area contributed by atoms with Gasteiger partial charge >= 0.3 is 0 Å². The van der Waals surface area contributed by atoms with Gasteiger partial charge in [0.1, 0.15) is 5.82 Å². The Bertz CT molecular complexity index is 703. The van der Waals surface area contributed by atoms with Gasteiger partial charge in [-0.2, -0.15) is 0 Å². The molecule has 0 saturated heterocycles. The van der Waals surface area contributed by atoms with Crippen molar-refractivity contribution in [3.63, 3.8) is 0 Å². The van der Waals surface area contributed by atoms with E-state index < -0.39 is 0 Å². The van der Waals surface area contributed by atoms with Crippen LogP contribution in [-0.4, -0.2) is 45.2 Å². The van der Waals surface area contributed by atoms with E-state index in [9.17, 15) is 4.39 Å². The van der Waals surface area contributed by atoms with Crippen LogP contribution >= 0.6 is 0 Å². The Labute approximate surface area is 154 Å². The summed E-state index contributed by atoms with van der Waals surface area (Å²) in [6, 6.07) is 14.9. The van der Waals surface area contributed by atoms with Gasteiger partial charge in [0.15, 0.2) is 5.96 Å². The molecule has 2 N–H and O–H groups in total. The van der Waals surface area contributed by atoms with Gasteiger partial charge in [-0.1, -0.05) is 24.3 Å². The van der Waals surface area contributed by atoms with Gasteiger partial charge < -0.3 is 20.3 Å². The lowest BCUT2D eigenvalue weighted by Gasteiger charge is -2.22. The second kappa shape index (κ2) is 10.4. The molecule has 26 heavy (non-hydrogen) atoms. The highest BCUT2D eigenvalue weighted by Gasteiger charge is 2.07. The molecule has 2 aromatic rings. The van der Waals surface area contributed by atoms with Crippen LogP contribution in [0.25, 0.3) is 0 Å². The SMILES string of the molecule is CN=C(NCc1ccc(NCCOC)cc1)N(C)Cc1cccc(F)c1. The summed E-state index contributed by atoms with van der Waals surface area (Å²) in [4.78, 5) is 6.27. The molecule has 0 aliphatic carbocycles. The molecule has 5 nitrogen and oxygen atoms in total. The number of aliphatic imine (C=N–C) groups is 1. The fourth-order valence-electron chi connectivity index (χ4n) is 2.59. The molecule has 0 aliphatic heterocycles. The van der Waals surface area contributed by atoms with E-state index in [0.29, 0.717) is 19.7 Å². The average Bonchev–Trinajstić information content (AvgIpc) is 2.63. The van der Waals surface area contributed by atoms with E-state index in [-0.39, 0.29) is 5.82 Å². The topological polar surface area (TPSA) is 48.9 Å². The van der Waals surface area contributed by atoms with Crippen LogP contribution in [0.4, 0.5) is 10.1 Å². The van der Waals surface area contributed by atoms with Crippen LogP contribution in [0.1, 0.15) is 11.1 Å². The molecule has 2 rings (SSSR count). The third kappa shape index (κ3) is 6.37. The minimum atomic E-state index is -0.224. The third-order valence-corrected chi connectivity index (χ3v) is 3.92. The molecule has 0 radical (unpaired) electrons. The Kier molecular flexibility index (Phi) is 7.89. The van der Waals surface area contributed by atoms with Gasteiger partial charge in [-0.05, 0) is 35.4 Å². The summed E-state index contributed by atoms with van der Waals surface area (Å²) in [5.41, 5.74) is 3.13. The lowest BCUT2D eigenvalue weighted by molar-refractivity contribution is 0.211. The van der Waals surface area contributed by atoms with Crippen LogP contribution in [0.15, 0.2) is 53.5 Å². The fourth-order valence-corrected chi connectivity index (χ4v) is 2.59. The van der Waals surface area contributed by atoms with Gasteiger partial charge in [-0.15, -0.1) is 0 Å². The lowest BCUT2D eigenvalue weighted by atomic mass is 10.2. The first-order valence-electron chi connectivity index (χ1n) is 8.60. The van der Waals surface area contributed by atoms with E-state index in [2.05, 4.69) is 27.8 Å². The van der Waals surface area contributed by atoms with E-state index >= 15 is 0 Å². The van der Waals surface area contributed by atoms with E-state index in [4.69, 9.17) is 4.74 Å². The van der Waals surface area contributed by atoms with Crippen molar-refractivity contribution < 1.29 is 9.13 Å². The molecule has 0 bridgehead atoms. The summed E-state index contributed by atoms with van der Waals surface area (Å²) in [6.45, 7) is 2.71. The highest BCUT2D eigenvalue weighted by atomic mass is 19.1. The summed E-state index contributed by atoms with van der Waals surface area (Å²) in [7, 11) is 5.37. The van der Waals surface area contributed by atoms with Crippen molar-refractivity contribution in [1.82, 2.24) is 10.2 Å². The average molecular weight is 358 g/mol. The van der Waals surface area contributed by atoms with Crippen molar-refractivity contribution in [2.24, 2.45) is 4.99 Å². The van der Waals surface area contributed by atoms with Gasteiger partial charge in [0.2, 0.25) is 0 Å². The standard InChI is InChI=1S/C20H27FN4O/c1-22-20(25(2)15-17-5-4-6-18(21)13-17)24-14-16-7-9-19(10-8-16)23-11-12-26-3/h4-10,13,23H,11-12,14-15H2,1-3H3,(H,22,24). The molecule has 140 valence electrons. The Hall–Kier alpha value is -2.60. The number of hydrogen-bond acceptors (Lipinski definition) is 3. The van der Waals surface area contributed by atoms with Crippen molar-refractivity contribution >= 4 is 11.6 Å². The first-order chi connectivity index (χ1) is 12.6. The number of hydrogen-bond donors (Lipinski definition) is 2. The van der Waals surface area contributed by atoms with Crippen LogP contribution in [0, 0.1) is 5.82 Å². The summed E-state index contributed by atoms with van der Waals surface area (Å²) >= 11 is 0. The summed E-state index contributed by atoms with van der Waals surface area (Å²) in [5, 5.41) is 6.62. The van der Waals surface area contributed by atoms with Crippen molar-refractivity contribution in [2.75, 3.05) is 39.7 Å². The predicted molar refractivity (Wildman–Crippen MR) is 105 cm³/mol. The highest BCUT2D eigenvalue weighted by Crippen LogP contribution is 2.10. The zero-order chi connectivity index (χ0) is 18.8. The molecule has 0 aliphatic rings. The van der Waals surface area contributed by atoms with Gasteiger partial charge in [0.05, 0.1) is 6.61 Å². The lowest BCUT2D eigenvalue weighted by Crippen LogP contribution is -2.38. The number of nitrogens with one attached hydrogen (secondary N) is 2. The molecule has 0 heterocycles. The van der Waals surface area contributed by atoms with Crippen LogP contribution in [0.2, 0.25) is 0 Å². The molecule has 0 fully saturated rings. The predicted octanol–water partition coefficient (Wildman–Crippen LogP) is 3.09. The second-order valence-electron chi connectivity index (χ2n) is 6.00. The molecular formula is C20H27FN4O. The van der Waals surface area contributed by atoms with Crippen molar-refractivity contribution in [3.05, 3.63) is 65.5 Å². The zero-order valence-electron chi connectivity index (χ0n) is 15.6. The molecule has 0 atom stereocenters. The number of methoxy groups -OCH3 is 1. The minimum absolute atomic E-state index is 0.224. The zero-order valence-corrected chi connectivity index (χ0v) is 15.6. The van der Waals surface area contributed by atoms with Crippen LogP contribution in [-0.2, 0) is 17.8 Å². The molecule has 0 saturated carbocycles. The molecule has 0 spiro atoms. The van der Waals surface area contributed by atoms with Crippen molar-refractivity contribution in [3.8, 4) is 0 Å². The Morgan fingerprint density at radius 3 is 2.58 bits per heavy atom. The van der Waals surface area contributed by atoms with Crippen LogP contribution in [0.3, 0.4) is 0 Å². The smallest absolute Gasteiger partial charge is 0.193 e. The quantitative estimate of drug-likeness (QED) is 0.433. The number of benzene rings is 2. The van der Waals surface area contributed by atoms with Crippen LogP contribution < -0.4 is 10.6 Å². The largest absolute Gasteiger partial charge is 0.383 e. The summed E-state index contributed by atoms with van der Waals surface area (Å²) < 4.78 is 18.3. The Balaban J connectivity index is 1.85. The van der Waals surface area contributed by atoms with Gasteiger partial charge in [0.25, 0.3) is 0 Å². The number of anilines is 1. The van der Waals surface area contributed by atoms with Gasteiger partial charge in [0, 0.05) is 46.5 Å². The van der Waals surface area contributed by atoms with Gasteiger partial charge in [-0.3, -0.25) is 4.99 Å². The first-order valence-corrected chi connectivity index (χ1v) is 8.60. The maximum absolute atomic E-state index is 13.3. The van der Waals surface area contributed by atoms with E-state index in [0.717, 1.165) is 29.3 Å².